The van der Waals surface area contributed by atoms with Gasteiger partial charge in [0.2, 0.25) is 0 Å². The van der Waals surface area contributed by atoms with Crippen molar-refractivity contribution in [3.05, 3.63) is 12.3 Å². The van der Waals surface area contributed by atoms with E-state index in [-0.39, 0.29) is 11.2 Å². The monoisotopic (exact) mass is 260 g/mol. The summed E-state index contributed by atoms with van der Waals surface area (Å²) >= 11 is 0. The number of rotatable bonds is 4. The lowest BCUT2D eigenvalue weighted by Crippen LogP contribution is -2.25. The molecule has 0 aliphatic carbocycles. The molecule has 1 aliphatic rings. The third-order valence-corrected chi connectivity index (χ3v) is 3.84. The van der Waals surface area contributed by atoms with Crippen LogP contribution in [0.1, 0.15) is 33.6 Å². The minimum atomic E-state index is -3.82. The fourth-order valence-electron chi connectivity index (χ4n) is 1.84. The topological polar surface area (TPSA) is 57.4 Å². The van der Waals surface area contributed by atoms with Crippen LogP contribution < -0.4 is 0 Å². The second-order valence-corrected chi connectivity index (χ2v) is 7.18. The molecule has 0 fully saturated rings. The lowest BCUT2D eigenvalue weighted by atomic mass is 9.78. The number of nitrogens with zero attached hydrogens (tertiary/aromatic N) is 1. The number of allylic oxidation sites excluding steroid dienone is 1. The maximum atomic E-state index is 10.6. The summed E-state index contributed by atoms with van der Waals surface area (Å²) in [5, 5.41) is 0. The molecule has 0 bridgehead atoms. The molecule has 0 saturated heterocycles. The molecular weight excluding hydrogens is 238 g/mol. The van der Waals surface area contributed by atoms with E-state index in [1.165, 1.54) is 0 Å². The summed E-state index contributed by atoms with van der Waals surface area (Å²) in [4.78, 5) is 0. The molecule has 1 heterocycles. The van der Waals surface area contributed by atoms with Crippen LogP contribution in [0.25, 0.3) is 0 Å². The van der Waals surface area contributed by atoms with Crippen molar-refractivity contribution in [3.63, 3.8) is 0 Å². The molecule has 0 radical (unpaired) electrons. The fraction of sp³-hybridized carbons (Fsp3) is 0.750. The van der Waals surface area contributed by atoms with Gasteiger partial charge in [-0.15, -0.1) is 0 Å². The molecule has 17 heavy (non-hydrogen) atoms. The zero-order chi connectivity index (χ0) is 13.1. The first kappa shape index (κ1) is 14.4. The Morgan fingerprint density at radius 1 is 1.41 bits per heavy atom. The van der Waals surface area contributed by atoms with Gasteiger partial charge in [0.05, 0.1) is 5.75 Å². The Hall–Kier alpha value is -0.680. The standard InChI is InChI=1S/C12H21NO3S/c1-12(2,3)11-5-8-13(9-6-11)7-4-10-17(14,15)16/h5,8-9,11H,4,6-7,10H2,1-3H3/p+1. The van der Waals surface area contributed by atoms with Crippen LogP contribution in [0.2, 0.25) is 0 Å². The Labute approximate surface area is 104 Å². The van der Waals surface area contributed by atoms with Crippen LogP contribution in [0.3, 0.4) is 0 Å². The third-order valence-electron chi connectivity index (χ3n) is 3.03. The van der Waals surface area contributed by atoms with E-state index in [9.17, 15) is 8.42 Å². The Morgan fingerprint density at radius 2 is 2.06 bits per heavy atom. The van der Waals surface area contributed by atoms with Gasteiger partial charge in [-0.25, -0.2) is 4.58 Å². The van der Waals surface area contributed by atoms with Gasteiger partial charge in [-0.2, -0.15) is 8.42 Å². The molecule has 1 aliphatic heterocycles. The molecule has 1 N–H and O–H groups in total. The Kier molecular flexibility index (Phi) is 4.49. The summed E-state index contributed by atoms with van der Waals surface area (Å²) in [5.41, 5.74) is 0.257. The van der Waals surface area contributed by atoms with Gasteiger partial charge >= 0.3 is 0 Å². The van der Waals surface area contributed by atoms with Gasteiger partial charge in [0.15, 0.2) is 6.20 Å². The van der Waals surface area contributed by atoms with Crippen LogP contribution in [0, 0.1) is 11.3 Å². The van der Waals surface area contributed by atoms with Gasteiger partial charge < -0.3 is 0 Å². The zero-order valence-corrected chi connectivity index (χ0v) is 11.6. The fourth-order valence-corrected chi connectivity index (χ4v) is 2.33. The van der Waals surface area contributed by atoms with E-state index in [0.29, 0.717) is 18.9 Å². The van der Waals surface area contributed by atoms with Gasteiger partial charge in [0, 0.05) is 12.8 Å². The third kappa shape index (κ3) is 5.46. The van der Waals surface area contributed by atoms with E-state index in [4.69, 9.17) is 4.55 Å². The number of hydrogen-bond acceptors (Lipinski definition) is 2. The highest BCUT2D eigenvalue weighted by molar-refractivity contribution is 7.85. The van der Waals surface area contributed by atoms with E-state index in [2.05, 4.69) is 33.1 Å². The average molecular weight is 260 g/mol. The molecule has 0 amide bonds. The van der Waals surface area contributed by atoms with E-state index in [0.717, 1.165) is 6.42 Å². The van der Waals surface area contributed by atoms with E-state index >= 15 is 0 Å². The van der Waals surface area contributed by atoms with Crippen molar-refractivity contribution in [3.8, 4) is 0 Å². The molecule has 0 aromatic rings. The molecule has 98 valence electrons. The maximum absolute atomic E-state index is 10.6. The van der Waals surface area contributed by atoms with Crippen molar-refractivity contribution < 1.29 is 17.5 Å². The average Bonchev–Trinajstić information content (AvgIpc) is 2.15. The Bertz CT molecular complexity index is 416. The second kappa shape index (κ2) is 5.31. The van der Waals surface area contributed by atoms with Crippen LogP contribution in [0.15, 0.2) is 12.3 Å². The smallest absolute Gasteiger partial charge is 0.265 e. The Morgan fingerprint density at radius 3 is 2.47 bits per heavy atom. The lowest BCUT2D eigenvalue weighted by molar-refractivity contribution is -0.455. The van der Waals surface area contributed by atoms with Gasteiger partial charge in [-0.1, -0.05) is 20.8 Å². The second-order valence-electron chi connectivity index (χ2n) is 5.61. The summed E-state index contributed by atoms with van der Waals surface area (Å²) in [6.07, 6.45) is 7.70. The summed E-state index contributed by atoms with van der Waals surface area (Å²) in [6, 6.07) is 0. The zero-order valence-electron chi connectivity index (χ0n) is 10.8. The van der Waals surface area contributed by atoms with Gasteiger partial charge in [-0.05, 0) is 17.4 Å². The van der Waals surface area contributed by atoms with E-state index in [1.807, 2.05) is 10.8 Å². The predicted molar refractivity (Wildman–Crippen MR) is 68.9 cm³/mol. The highest BCUT2D eigenvalue weighted by Crippen LogP contribution is 2.30. The van der Waals surface area contributed by atoms with Crippen molar-refractivity contribution >= 4 is 16.3 Å². The molecule has 1 unspecified atom stereocenters. The lowest BCUT2D eigenvalue weighted by Gasteiger charge is -2.27. The highest BCUT2D eigenvalue weighted by Gasteiger charge is 2.25. The van der Waals surface area contributed by atoms with Gasteiger partial charge in [0.25, 0.3) is 10.1 Å². The van der Waals surface area contributed by atoms with Crippen molar-refractivity contribution in [2.45, 2.75) is 33.6 Å². The molecule has 0 saturated carbocycles. The summed E-state index contributed by atoms with van der Waals surface area (Å²) in [7, 11) is -3.82. The predicted octanol–water partition coefficient (Wildman–Crippen LogP) is 1.93. The minimum Gasteiger partial charge on any atom is -0.286 e. The molecule has 0 spiro atoms. The molecule has 0 aromatic heterocycles. The van der Waals surface area contributed by atoms with E-state index < -0.39 is 10.1 Å². The molecular formula is C12H22NO3S+. The largest absolute Gasteiger partial charge is 0.286 e. The summed E-state index contributed by atoms with van der Waals surface area (Å²) < 4.78 is 31.7. The summed E-state index contributed by atoms with van der Waals surface area (Å²) in [5.74, 6) is 0.355. The first-order valence-corrected chi connectivity index (χ1v) is 7.52. The van der Waals surface area contributed by atoms with Crippen LogP contribution in [-0.4, -0.2) is 36.1 Å². The molecule has 1 rings (SSSR count). The number of hydrogen-bond donors (Lipinski definition) is 1. The maximum Gasteiger partial charge on any atom is 0.265 e. The van der Waals surface area contributed by atoms with Gasteiger partial charge in [-0.3, -0.25) is 4.55 Å². The summed E-state index contributed by atoms with van der Waals surface area (Å²) in [6.45, 7) is 7.27. The van der Waals surface area contributed by atoms with Crippen molar-refractivity contribution in [1.82, 2.24) is 0 Å². The van der Waals surface area contributed by atoms with Crippen molar-refractivity contribution in [2.75, 3.05) is 12.3 Å². The van der Waals surface area contributed by atoms with Crippen molar-refractivity contribution in [1.29, 1.82) is 0 Å². The normalized spacial score (nSPS) is 21.4. The van der Waals surface area contributed by atoms with Crippen molar-refractivity contribution in [2.24, 2.45) is 11.3 Å². The highest BCUT2D eigenvalue weighted by atomic mass is 32.2. The van der Waals surface area contributed by atoms with Crippen LogP contribution in [0.4, 0.5) is 0 Å². The minimum absolute atomic E-state index is 0.173. The quantitative estimate of drug-likeness (QED) is 0.620. The van der Waals surface area contributed by atoms with Crippen LogP contribution >= 0.6 is 0 Å². The molecule has 5 heteroatoms. The van der Waals surface area contributed by atoms with Gasteiger partial charge in [0.1, 0.15) is 12.8 Å². The van der Waals surface area contributed by atoms with Crippen LogP contribution in [0.5, 0.6) is 0 Å². The molecule has 0 aromatic carbocycles. The van der Waals surface area contributed by atoms with E-state index in [1.54, 1.807) is 0 Å². The SMILES string of the molecule is CC(C)(C)C1C=C[N+](CCCS(=O)(=O)O)=CC1. The first-order chi connectivity index (χ1) is 7.68. The molecule has 1 atom stereocenters. The van der Waals surface area contributed by atoms with Crippen LogP contribution in [-0.2, 0) is 10.1 Å². The first-order valence-electron chi connectivity index (χ1n) is 5.91. The molecule has 4 nitrogen and oxygen atoms in total. The Balaban J connectivity index is 2.41.